The zero-order valence-corrected chi connectivity index (χ0v) is 14.3. The van der Waals surface area contributed by atoms with E-state index in [0.29, 0.717) is 0 Å². The minimum absolute atomic E-state index is 0.164. The van der Waals surface area contributed by atoms with Crippen molar-refractivity contribution < 1.29 is 0 Å². The van der Waals surface area contributed by atoms with Crippen LogP contribution in [0.4, 0.5) is 0 Å². The lowest BCUT2D eigenvalue weighted by Crippen LogP contribution is -2.18. The summed E-state index contributed by atoms with van der Waals surface area (Å²) in [7, 11) is 1.98. The van der Waals surface area contributed by atoms with Crippen molar-refractivity contribution in [2.24, 2.45) is 0 Å². The maximum Gasteiger partial charge on any atom is 0.0574 e. The van der Waals surface area contributed by atoms with Crippen LogP contribution in [-0.2, 0) is 5.41 Å². The summed E-state index contributed by atoms with van der Waals surface area (Å²) in [5.41, 5.74) is 5.09. The molecule has 0 saturated heterocycles. The minimum Gasteiger partial charge on any atom is -0.309 e. The number of benzene rings is 2. The minimum atomic E-state index is 0.164. The summed E-state index contributed by atoms with van der Waals surface area (Å²) in [6.45, 7) is 8.73. The van der Waals surface area contributed by atoms with Gasteiger partial charge in [0.2, 0.25) is 0 Å². The zero-order chi connectivity index (χ0) is 15.6. The quantitative estimate of drug-likeness (QED) is 0.816. The molecule has 2 heteroatoms. The lowest BCUT2D eigenvalue weighted by Gasteiger charge is -2.22. The van der Waals surface area contributed by atoms with E-state index in [-0.39, 0.29) is 11.5 Å². The fourth-order valence-corrected chi connectivity index (χ4v) is 2.68. The van der Waals surface area contributed by atoms with Gasteiger partial charge in [0.25, 0.3) is 0 Å². The molecule has 1 nitrogen and oxygen atoms in total. The van der Waals surface area contributed by atoms with Crippen LogP contribution < -0.4 is 5.32 Å². The van der Waals surface area contributed by atoms with Crippen LogP contribution in [0, 0.1) is 6.92 Å². The highest BCUT2D eigenvalue weighted by Gasteiger charge is 2.16. The molecule has 1 N–H and O–H groups in total. The molecule has 112 valence electrons. The molecular weight excluding hydrogens is 278 g/mol. The van der Waals surface area contributed by atoms with Crippen molar-refractivity contribution in [3.8, 4) is 0 Å². The van der Waals surface area contributed by atoms with Gasteiger partial charge in [-0.1, -0.05) is 68.8 Å². The summed E-state index contributed by atoms with van der Waals surface area (Å²) in [4.78, 5) is 0. The van der Waals surface area contributed by atoms with Gasteiger partial charge in [0, 0.05) is 5.02 Å². The van der Waals surface area contributed by atoms with E-state index in [1.54, 1.807) is 0 Å². The fourth-order valence-electron chi connectivity index (χ4n) is 2.49. The maximum absolute atomic E-state index is 6.26. The van der Waals surface area contributed by atoms with Crippen molar-refractivity contribution in [2.45, 2.75) is 39.2 Å². The molecule has 21 heavy (non-hydrogen) atoms. The molecule has 0 spiro atoms. The second-order valence-electron chi connectivity index (χ2n) is 6.60. The lowest BCUT2D eigenvalue weighted by molar-refractivity contribution is 0.589. The number of rotatable bonds is 3. The van der Waals surface area contributed by atoms with Crippen molar-refractivity contribution in [1.82, 2.24) is 5.32 Å². The Hall–Kier alpha value is -1.31. The van der Waals surface area contributed by atoms with E-state index in [1.165, 1.54) is 16.7 Å². The first kappa shape index (κ1) is 16.1. The summed E-state index contributed by atoms with van der Waals surface area (Å²) in [6, 6.07) is 15.3. The van der Waals surface area contributed by atoms with Gasteiger partial charge in [0.1, 0.15) is 0 Å². The molecule has 1 unspecified atom stereocenters. The van der Waals surface area contributed by atoms with Gasteiger partial charge in [-0.05, 0) is 47.7 Å². The number of aryl methyl sites for hydroxylation is 1. The van der Waals surface area contributed by atoms with Crippen LogP contribution in [0.5, 0.6) is 0 Å². The monoisotopic (exact) mass is 301 g/mol. The summed E-state index contributed by atoms with van der Waals surface area (Å²) < 4.78 is 0. The molecule has 0 heterocycles. The summed E-state index contributed by atoms with van der Waals surface area (Å²) >= 11 is 6.26. The highest BCUT2D eigenvalue weighted by Crippen LogP contribution is 2.28. The molecule has 2 aromatic rings. The number of halogens is 1. The molecule has 0 aliphatic rings. The smallest absolute Gasteiger partial charge is 0.0574 e. The second-order valence-corrected chi connectivity index (χ2v) is 7.01. The van der Waals surface area contributed by atoms with Gasteiger partial charge in [-0.25, -0.2) is 0 Å². The maximum atomic E-state index is 6.26. The Morgan fingerprint density at radius 2 is 1.52 bits per heavy atom. The van der Waals surface area contributed by atoms with Crippen LogP contribution in [0.3, 0.4) is 0 Å². The van der Waals surface area contributed by atoms with Gasteiger partial charge in [-0.3, -0.25) is 0 Å². The SMILES string of the molecule is CNC(c1ccc(C(C)(C)C)cc1)c1ccc(C)c(Cl)c1. The fraction of sp³-hybridized carbons (Fsp3) is 0.368. The van der Waals surface area contributed by atoms with Crippen molar-refractivity contribution in [1.29, 1.82) is 0 Å². The predicted molar refractivity (Wildman–Crippen MR) is 92.2 cm³/mol. The third kappa shape index (κ3) is 3.66. The van der Waals surface area contributed by atoms with Crippen molar-refractivity contribution in [3.05, 3.63) is 69.7 Å². The normalized spacial score (nSPS) is 13.2. The van der Waals surface area contributed by atoms with Crippen LogP contribution >= 0.6 is 11.6 Å². The molecule has 0 amide bonds. The van der Waals surface area contributed by atoms with E-state index in [2.05, 4.69) is 68.6 Å². The summed E-state index contributed by atoms with van der Waals surface area (Å²) in [5, 5.41) is 4.20. The van der Waals surface area contributed by atoms with Crippen molar-refractivity contribution in [3.63, 3.8) is 0 Å². The average molecular weight is 302 g/mol. The van der Waals surface area contributed by atoms with E-state index in [4.69, 9.17) is 11.6 Å². The van der Waals surface area contributed by atoms with E-state index in [1.807, 2.05) is 14.0 Å². The van der Waals surface area contributed by atoms with Crippen LogP contribution in [0.2, 0.25) is 5.02 Å². The Balaban J connectivity index is 2.35. The van der Waals surface area contributed by atoms with Gasteiger partial charge in [-0.2, -0.15) is 0 Å². The zero-order valence-electron chi connectivity index (χ0n) is 13.5. The van der Waals surface area contributed by atoms with Gasteiger partial charge in [0.15, 0.2) is 0 Å². The first-order valence-corrected chi connectivity index (χ1v) is 7.74. The second kappa shape index (κ2) is 6.21. The number of nitrogens with one attached hydrogen (secondary N) is 1. The van der Waals surface area contributed by atoms with Crippen molar-refractivity contribution >= 4 is 11.6 Å². The molecule has 0 radical (unpaired) electrons. The Labute approximate surface area is 133 Å². The first-order chi connectivity index (χ1) is 9.82. The molecule has 0 aromatic heterocycles. The third-order valence-corrected chi connectivity index (χ3v) is 4.34. The summed E-state index contributed by atoms with van der Waals surface area (Å²) in [6.07, 6.45) is 0. The van der Waals surface area contributed by atoms with Crippen molar-refractivity contribution in [2.75, 3.05) is 7.05 Å². The third-order valence-electron chi connectivity index (χ3n) is 3.93. The average Bonchev–Trinajstić information content (AvgIpc) is 2.43. The van der Waals surface area contributed by atoms with Crippen LogP contribution in [0.1, 0.15) is 49.1 Å². The molecule has 0 bridgehead atoms. The van der Waals surface area contributed by atoms with Gasteiger partial charge < -0.3 is 5.32 Å². The molecule has 1 atom stereocenters. The van der Waals surface area contributed by atoms with E-state index < -0.39 is 0 Å². The molecule has 0 saturated carbocycles. The van der Waals surface area contributed by atoms with Crippen LogP contribution in [0.25, 0.3) is 0 Å². The molecule has 2 rings (SSSR count). The molecular formula is C19H24ClN. The van der Waals surface area contributed by atoms with Gasteiger partial charge >= 0.3 is 0 Å². The molecule has 0 aliphatic heterocycles. The summed E-state index contributed by atoms with van der Waals surface area (Å²) in [5.74, 6) is 0. The predicted octanol–water partition coefficient (Wildman–Crippen LogP) is 5.25. The lowest BCUT2D eigenvalue weighted by atomic mass is 9.86. The molecule has 0 aliphatic carbocycles. The highest BCUT2D eigenvalue weighted by atomic mass is 35.5. The van der Waals surface area contributed by atoms with E-state index in [0.717, 1.165) is 10.6 Å². The Kier molecular flexibility index (Phi) is 4.75. The number of hydrogen-bond donors (Lipinski definition) is 1. The van der Waals surface area contributed by atoms with Gasteiger partial charge in [0.05, 0.1) is 6.04 Å². The Morgan fingerprint density at radius 3 is 2.00 bits per heavy atom. The highest BCUT2D eigenvalue weighted by molar-refractivity contribution is 6.31. The van der Waals surface area contributed by atoms with Gasteiger partial charge in [-0.15, -0.1) is 0 Å². The first-order valence-electron chi connectivity index (χ1n) is 7.36. The largest absolute Gasteiger partial charge is 0.309 e. The van der Waals surface area contributed by atoms with Crippen LogP contribution in [-0.4, -0.2) is 7.05 Å². The van der Waals surface area contributed by atoms with Crippen LogP contribution in [0.15, 0.2) is 42.5 Å². The number of hydrogen-bond acceptors (Lipinski definition) is 1. The molecule has 2 aromatic carbocycles. The Bertz CT molecular complexity index is 608. The standard InChI is InChI=1S/C19H24ClN/c1-13-6-7-15(12-17(13)20)18(21-5)14-8-10-16(11-9-14)19(2,3)4/h6-12,18,21H,1-5H3. The topological polar surface area (TPSA) is 12.0 Å². The Morgan fingerprint density at radius 1 is 0.952 bits per heavy atom. The van der Waals surface area contributed by atoms with E-state index in [9.17, 15) is 0 Å². The van der Waals surface area contributed by atoms with E-state index >= 15 is 0 Å². The molecule has 0 fully saturated rings.